The summed E-state index contributed by atoms with van der Waals surface area (Å²) in [7, 11) is 2.02. The molecule has 1 fully saturated rings. The predicted molar refractivity (Wildman–Crippen MR) is 42.1 cm³/mol. The molecule has 2 atom stereocenters. The third kappa shape index (κ3) is 1.96. The minimum absolute atomic E-state index is 0.432. The molecule has 0 saturated carbocycles. The largest absolute Gasteiger partial charge is 0.375 e. The SMILES string of the molecule is CNC1C[C@H](C)O[C@@H](C)C1. The highest BCUT2D eigenvalue weighted by Crippen LogP contribution is 2.18. The van der Waals surface area contributed by atoms with Crippen molar-refractivity contribution in [1.82, 2.24) is 5.32 Å². The van der Waals surface area contributed by atoms with Gasteiger partial charge in [-0.2, -0.15) is 0 Å². The van der Waals surface area contributed by atoms with Crippen LogP contribution >= 0.6 is 0 Å². The number of hydrogen-bond donors (Lipinski definition) is 1. The van der Waals surface area contributed by atoms with Crippen molar-refractivity contribution in [3.63, 3.8) is 0 Å². The van der Waals surface area contributed by atoms with Crippen molar-refractivity contribution in [1.29, 1.82) is 0 Å². The van der Waals surface area contributed by atoms with Crippen molar-refractivity contribution in [2.75, 3.05) is 7.05 Å². The van der Waals surface area contributed by atoms with E-state index in [9.17, 15) is 0 Å². The summed E-state index contributed by atoms with van der Waals surface area (Å²) in [5, 5.41) is 3.28. The molecule has 1 aliphatic heterocycles. The molecule has 10 heavy (non-hydrogen) atoms. The van der Waals surface area contributed by atoms with E-state index in [-0.39, 0.29) is 0 Å². The Morgan fingerprint density at radius 3 is 2.10 bits per heavy atom. The second-order valence-corrected chi connectivity index (χ2v) is 3.21. The number of rotatable bonds is 1. The normalized spacial score (nSPS) is 41.7. The molecule has 0 aliphatic carbocycles. The molecule has 0 bridgehead atoms. The van der Waals surface area contributed by atoms with Gasteiger partial charge in [-0.05, 0) is 33.7 Å². The van der Waals surface area contributed by atoms with Gasteiger partial charge in [-0.25, -0.2) is 0 Å². The Hall–Kier alpha value is -0.0800. The molecule has 1 aliphatic rings. The predicted octanol–water partition coefficient (Wildman–Crippen LogP) is 1.16. The summed E-state index contributed by atoms with van der Waals surface area (Å²) in [6.45, 7) is 4.28. The maximum atomic E-state index is 5.58. The topological polar surface area (TPSA) is 21.3 Å². The third-order valence-corrected chi connectivity index (χ3v) is 2.11. The monoisotopic (exact) mass is 143 g/mol. The van der Waals surface area contributed by atoms with Crippen molar-refractivity contribution < 1.29 is 4.74 Å². The van der Waals surface area contributed by atoms with Crippen LogP contribution in [-0.2, 0) is 4.74 Å². The molecule has 1 saturated heterocycles. The molecule has 0 radical (unpaired) electrons. The summed E-state index contributed by atoms with van der Waals surface area (Å²) in [6, 6.07) is 0.666. The molecular formula is C8H17NO. The highest BCUT2D eigenvalue weighted by atomic mass is 16.5. The van der Waals surface area contributed by atoms with Crippen molar-refractivity contribution in [2.45, 2.75) is 44.9 Å². The lowest BCUT2D eigenvalue weighted by Crippen LogP contribution is -2.39. The molecule has 0 aromatic rings. The van der Waals surface area contributed by atoms with E-state index < -0.39 is 0 Å². The molecule has 0 unspecified atom stereocenters. The fraction of sp³-hybridized carbons (Fsp3) is 1.00. The highest BCUT2D eigenvalue weighted by Gasteiger charge is 2.22. The molecule has 2 nitrogen and oxygen atoms in total. The van der Waals surface area contributed by atoms with Crippen LogP contribution in [0.5, 0.6) is 0 Å². The molecule has 1 heterocycles. The van der Waals surface area contributed by atoms with Gasteiger partial charge in [0, 0.05) is 6.04 Å². The Labute approximate surface area is 63.0 Å². The molecule has 2 heteroatoms. The van der Waals surface area contributed by atoms with E-state index in [2.05, 4.69) is 19.2 Å². The lowest BCUT2D eigenvalue weighted by atomic mass is 10.0. The second-order valence-electron chi connectivity index (χ2n) is 3.21. The van der Waals surface area contributed by atoms with Crippen LogP contribution in [0.1, 0.15) is 26.7 Å². The van der Waals surface area contributed by atoms with E-state index in [4.69, 9.17) is 4.74 Å². The highest BCUT2D eigenvalue weighted by molar-refractivity contribution is 4.76. The molecule has 60 valence electrons. The molecule has 0 amide bonds. The first-order valence-corrected chi connectivity index (χ1v) is 4.05. The van der Waals surface area contributed by atoms with Crippen LogP contribution < -0.4 is 5.32 Å². The van der Waals surface area contributed by atoms with Crippen LogP contribution in [0.2, 0.25) is 0 Å². The zero-order chi connectivity index (χ0) is 7.56. The zero-order valence-electron chi connectivity index (χ0n) is 7.05. The maximum Gasteiger partial charge on any atom is 0.0565 e. The van der Waals surface area contributed by atoms with Gasteiger partial charge in [0.2, 0.25) is 0 Å². The Kier molecular flexibility index (Phi) is 2.69. The summed E-state index contributed by atoms with van der Waals surface area (Å²) >= 11 is 0. The third-order valence-electron chi connectivity index (χ3n) is 2.11. The van der Waals surface area contributed by atoms with E-state index in [1.807, 2.05) is 7.05 Å². The molecule has 0 aromatic carbocycles. The minimum Gasteiger partial charge on any atom is -0.375 e. The van der Waals surface area contributed by atoms with Crippen molar-refractivity contribution in [2.24, 2.45) is 0 Å². The van der Waals surface area contributed by atoms with Gasteiger partial charge in [0.25, 0.3) is 0 Å². The first kappa shape index (κ1) is 8.02. The zero-order valence-corrected chi connectivity index (χ0v) is 7.05. The first-order chi connectivity index (χ1) is 4.72. The smallest absolute Gasteiger partial charge is 0.0565 e. The quantitative estimate of drug-likeness (QED) is 0.594. The molecule has 0 aromatic heterocycles. The average molecular weight is 143 g/mol. The van der Waals surface area contributed by atoms with Crippen molar-refractivity contribution in [3.8, 4) is 0 Å². The maximum absolute atomic E-state index is 5.58. The van der Waals surface area contributed by atoms with Crippen LogP contribution in [0.25, 0.3) is 0 Å². The molecule has 1 rings (SSSR count). The molecular weight excluding hydrogens is 126 g/mol. The van der Waals surface area contributed by atoms with Crippen LogP contribution in [0.3, 0.4) is 0 Å². The van der Waals surface area contributed by atoms with Gasteiger partial charge in [0.05, 0.1) is 12.2 Å². The second kappa shape index (κ2) is 3.35. The van der Waals surface area contributed by atoms with Crippen LogP contribution in [-0.4, -0.2) is 25.3 Å². The summed E-state index contributed by atoms with van der Waals surface area (Å²) in [6.07, 6.45) is 3.17. The first-order valence-electron chi connectivity index (χ1n) is 4.05. The van der Waals surface area contributed by atoms with Crippen LogP contribution in [0.15, 0.2) is 0 Å². The van der Waals surface area contributed by atoms with E-state index >= 15 is 0 Å². The number of nitrogens with one attached hydrogen (secondary N) is 1. The average Bonchev–Trinajstić information content (AvgIpc) is 1.85. The van der Waals surface area contributed by atoms with E-state index in [1.54, 1.807) is 0 Å². The van der Waals surface area contributed by atoms with Crippen LogP contribution in [0.4, 0.5) is 0 Å². The summed E-state index contributed by atoms with van der Waals surface area (Å²) in [4.78, 5) is 0. The van der Waals surface area contributed by atoms with Gasteiger partial charge in [-0.3, -0.25) is 0 Å². The molecule has 1 N–H and O–H groups in total. The fourth-order valence-electron chi connectivity index (χ4n) is 1.64. The van der Waals surface area contributed by atoms with Gasteiger partial charge in [0.15, 0.2) is 0 Å². The van der Waals surface area contributed by atoms with Gasteiger partial charge >= 0.3 is 0 Å². The van der Waals surface area contributed by atoms with Crippen molar-refractivity contribution >= 4 is 0 Å². The fourth-order valence-corrected chi connectivity index (χ4v) is 1.64. The summed E-state index contributed by atoms with van der Waals surface area (Å²) in [5.41, 5.74) is 0. The Balaban J connectivity index is 2.35. The number of ether oxygens (including phenoxy) is 1. The number of hydrogen-bond acceptors (Lipinski definition) is 2. The lowest BCUT2D eigenvalue weighted by Gasteiger charge is -2.31. The Morgan fingerprint density at radius 2 is 1.70 bits per heavy atom. The van der Waals surface area contributed by atoms with Gasteiger partial charge < -0.3 is 10.1 Å². The molecule has 0 spiro atoms. The van der Waals surface area contributed by atoms with Gasteiger partial charge in [0.1, 0.15) is 0 Å². The Bertz CT molecular complexity index is 95.4. The summed E-state index contributed by atoms with van der Waals surface area (Å²) in [5.74, 6) is 0. The lowest BCUT2D eigenvalue weighted by molar-refractivity contribution is -0.0409. The Morgan fingerprint density at radius 1 is 1.20 bits per heavy atom. The standard InChI is InChI=1S/C8H17NO/c1-6-4-8(9-3)5-7(2)10-6/h6-9H,4-5H2,1-3H3/t6-,7-/m0/s1. The minimum atomic E-state index is 0.432. The van der Waals surface area contributed by atoms with E-state index in [0.717, 1.165) is 12.8 Å². The van der Waals surface area contributed by atoms with E-state index in [1.165, 1.54) is 0 Å². The van der Waals surface area contributed by atoms with Crippen molar-refractivity contribution in [3.05, 3.63) is 0 Å². The van der Waals surface area contributed by atoms with Crippen LogP contribution in [0, 0.1) is 0 Å². The van der Waals surface area contributed by atoms with E-state index in [0.29, 0.717) is 18.2 Å². The van der Waals surface area contributed by atoms with Gasteiger partial charge in [-0.15, -0.1) is 0 Å². The summed E-state index contributed by atoms with van der Waals surface area (Å²) < 4.78 is 5.58. The van der Waals surface area contributed by atoms with Gasteiger partial charge in [-0.1, -0.05) is 0 Å².